The minimum Gasteiger partial charge on any atom is -0.476 e. The van der Waals surface area contributed by atoms with Gasteiger partial charge >= 0.3 is 5.97 Å². The van der Waals surface area contributed by atoms with Crippen molar-refractivity contribution in [1.29, 1.82) is 0 Å². The molecule has 0 atom stereocenters. The Kier molecular flexibility index (Phi) is 3.04. The number of aromatic carboxylic acids is 1. The molecule has 0 radical (unpaired) electrons. The summed E-state index contributed by atoms with van der Waals surface area (Å²) in [5.74, 6) is -0.680. The molecule has 1 aromatic carbocycles. The van der Waals surface area contributed by atoms with Crippen molar-refractivity contribution >= 4 is 5.97 Å². The Morgan fingerprint density at radius 3 is 2.70 bits per heavy atom. The van der Waals surface area contributed by atoms with Gasteiger partial charge in [0.1, 0.15) is 0 Å². The maximum atomic E-state index is 11.2. The molecule has 0 spiro atoms. The zero-order valence-corrected chi connectivity index (χ0v) is 11.6. The fourth-order valence-electron chi connectivity index (χ4n) is 2.43. The SMILES string of the molecule is Cc1ccc(Cn2nnc(C(=O)O)c2C2CC2)cc1C. The predicted octanol–water partition coefficient (Wildman–Crippen LogP) is 2.52. The molecular formula is C15H17N3O2. The van der Waals surface area contributed by atoms with Gasteiger partial charge < -0.3 is 5.11 Å². The lowest BCUT2D eigenvalue weighted by molar-refractivity contribution is 0.0689. The number of aromatic nitrogens is 3. The van der Waals surface area contributed by atoms with Crippen LogP contribution in [0.3, 0.4) is 0 Å². The molecule has 0 saturated heterocycles. The first kappa shape index (κ1) is 12.8. The van der Waals surface area contributed by atoms with Crippen molar-refractivity contribution in [3.8, 4) is 0 Å². The van der Waals surface area contributed by atoms with Crippen LogP contribution in [0.5, 0.6) is 0 Å². The highest BCUT2D eigenvalue weighted by molar-refractivity contribution is 5.86. The van der Waals surface area contributed by atoms with Crippen molar-refractivity contribution in [2.75, 3.05) is 0 Å². The van der Waals surface area contributed by atoms with Gasteiger partial charge in [-0.25, -0.2) is 9.48 Å². The summed E-state index contributed by atoms with van der Waals surface area (Å²) in [6.07, 6.45) is 2.06. The summed E-state index contributed by atoms with van der Waals surface area (Å²) < 4.78 is 1.74. The van der Waals surface area contributed by atoms with E-state index in [-0.39, 0.29) is 5.69 Å². The third-order valence-corrected chi connectivity index (χ3v) is 3.84. The monoisotopic (exact) mass is 271 g/mol. The Bertz CT molecular complexity index is 672. The van der Waals surface area contributed by atoms with Gasteiger partial charge in [-0.05, 0) is 43.4 Å². The minimum atomic E-state index is -0.988. The number of hydrogen-bond acceptors (Lipinski definition) is 3. The van der Waals surface area contributed by atoms with Crippen molar-refractivity contribution < 1.29 is 9.90 Å². The van der Waals surface area contributed by atoms with E-state index in [0.29, 0.717) is 12.5 Å². The summed E-state index contributed by atoms with van der Waals surface area (Å²) in [6.45, 7) is 4.73. The normalized spacial score (nSPS) is 14.5. The van der Waals surface area contributed by atoms with Crippen LogP contribution in [0.1, 0.15) is 51.6 Å². The van der Waals surface area contributed by atoms with Crippen molar-refractivity contribution in [3.63, 3.8) is 0 Å². The maximum Gasteiger partial charge on any atom is 0.358 e. The number of rotatable bonds is 4. The van der Waals surface area contributed by atoms with Crippen LogP contribution < -0.4 is 0 Å². The topological polar surface area (TPSA) is 68.0 Å². The van der Waals surface area contributed by atoms with Crippen LogP contribution in [-0.4, -0.2) is 26.1 Å². The second kappa shape index (κ2) is 4.74. The molecular weight excluding hydrogens is 254 g/mol. The number of aryl methyl sites for hydroxylation is 2. The highest BCUT2D eigenvalue weighted by Crippen LogP contribution is 2.41. The quantitative estimate of drug-likeness (QED) is 0.927. The van der Waals surface area contributed by atoms with Crippen molar-refractivity contribution in [1.82, 2.24) is 15.0 Å². The molecule has 1 saturated carbocycles. The third kappa shape index (κ3) is 2.31. The first-order valence-corrected chi connectivity index (χ1v) is 6.79. The van der Waals surface area contributed by atoms with Crippen LogP contribution in [-0.2, 0) is 6.54 Å². The Labute approximate surface area is 117 Å². The second-order valence-corrected chi connectivity index (χ2v) is 5.48. The molecule has 1 aromatic heterocycles. The van der Waals surface area contributed by atoms with Gasteiger partial charge in [0, 0.05) is 5.92 Å². The smallest absolute Gasteiger partial charge is 0.358 e. The molecule has 3 rings (SSSR count). The molecule has 5 nitrogen and oxygen atoms in total. The summed E-state index contributed by atoms with van der Waals surface area (Å²) in [6, 6.07) is 6.26. The van der Waals surface area contributed by atoms with Gasteiger partial charge in [0.05, 0.1) is 12.2 Å². The molecule has 1 fully saturated rings. The molecule has 0 unspecified atom stereocenters. The third-order valence-electron chi connectivity index (χ3n) is 3.84. The molecule has 5 heteroatoms. The fourth-order valence-corrected chi connectivity index (χ4v) is 2.43. The standard InChI is InChI=1S/C15H17N3O2/c1-9-3-4-11(7-10(9)2)8-18-14(12-5-6-12)13(15(19)20)16-17-18/h3-4,7,12H,5-6,8H2,1-2H3,(H,19,20). The number of carbonyl (C=O) groups is 1. The van der Waals surface area contributed by atoms with Crippen molar-refractivity contribution in [3.05, 3.63) is 46.3 Å². The maximum absolute atomic E-state index is 11.2. The summed E-state index contributed by atoms with van der Waals surface area (Å²) >= 11 is 0. The molecule has 1 aliphatic rings. The highest BCUT2D eigenvalue weighted by Gasteiger charge is 2.33. The molecule has 0 bridgehead atoms. The predicted molar refractivity (Wildman–Crippen MR) is 74.0 cm³/mol. The van der Waals surface area contributed by atoms with Gasteiger partial charge in [-0.1, -0.05) is 23.4 Å². The first-order chi connectivity index (χ1) is 9.56. The average Bonchev–Trinajstić information content (AvgIpc) is 3.15. The van der Waals surface area contributed by atoms with Crippen LogP contribution in [0, 0.1) is 13.8 Å². The number of carboxylic acids is 1. The van der Waals surface area contributed by atoms with Crippen LogP contribution in [0.25, 0.3) is 0 Å². The largest absolute Gasteiger partial charge is 0.476 e. The number of benzene rings is 1. The molecule has 1 N–H and O–H groups in total. The van der Waals surface area contributed by atoms with Gasteiger partial charge in [0.25, 0.3) is 0 Å². The van der Waals surface area contributed by atoms with Crippen LogP contribution in [0.2, 0.25) is 0 Å². The van der Waals surface area contributed by atoms with Crippen molar-refractivity contribution in [2.45, 2.75) is 39.2 Å². The van der Waals surface area contributed by atoms with E-state index in [2.05, 4.69) is 42.4 Å². The molecule has 0 amide bonds. The Morgan fingerprint density at radius 1 is 1.35 bits per heavy atom. The van der Waals surface area contributed by atoms with E-state index in [0.717, 1.165) is 24.1 Å². The van der Waals surface area contributed by atoms with Crippen LogP contribution >= 0.6 is 0 Å². The molecule has 0 aliphatic heterocycles. The van der Waals surface area contributed by atoms with E-state index in [9.17, 15) is 9.90 Å². The van der Waals surface area contributed by atoms with Gasteiger partial charge in [-0.15, -0.1) is 5.10 Å². The molecule has 1 heterocycles. The summed E-state index contributed by atoms with van der Waals surface area (Å²) in [4.78, 5) is 11.2. The zero-order valence-electron chi connectivity index (χ0n) is 11.6. The summed E-state index contributed by atoms with van der Waals surface area (Å²) in [5, 5.41) is 17.0. The van der Waals surface area contributed by atoms with Crippen molar-refractivity contribution in [2.24, 2.45) is 0 Å². The van der Waals surface area contributed by atoms with Gasteiger partial charge in [-0.3, -0.25) is 0 Å². The van der Waals surface area contributed by atoms with E-state index in [4.69, 9.17) is 0 Å². The second-order valence-electron chi connectivity index (χ2n) is 5.48. The lowest BCUT2D eigenvalue weighted by Crippen LogP contribution is -2.08. The van der Waals surface area contributed by atoms with E-state index in [1.165, 1.54) is 11.1 Å². The number of hydrogen-bond donors (Lipinski definition) is 1. The lowest BCUT2D eigenvalue weighted by Gasteiger charge is -2.08. The Hall–Kier alpha value is -2.17. The van der Waals surface area contributed by atoms with E-state index < -0.39 is 5.97 Å². The Balaban J connectivity index is 1.94. The first-order valence-electron chi connectivity index (χ1n) is 6.79. The van der Waals surface area contributed by atoms with Gasteiger partial charge in [-0.2, -0.15) is 0 Å². The summed E-state index contributed by atoms with van der Waals surface area (Å²) in [5.41, 5.74) is 4.49. The Morgan fingerprint density at radius 2 is 2.10 bits per heavy atom. The average molecular weight is 271 g/mol. The van der Waals surface area contributed by atoms with E-state index in [1.54, 1.807) is 4.68 Å². The van der Waals surface area contributed by atoms with Gasteiger partial charge in [0.2, 0.25) is 0 Å². The molecule has 104 valence electrons. The number of carboxylic acid groups (broad SMARTS) is 1. The molecule has 20 heavy (non-hydrogen) atoms. The van der Waals surface area contributed by atoms with Crippen LogP contribution in [0.15, 0.2) is 18.2 Å². The zero-order chi connectivity index (χ0) is 14.3. The molecule has 1 aliphatic carbocycles. The lowest BCUT2D eigenvalue weighted by atomic mass is 10.1. The minimum absolute atomic E-state index is 0.108. The summed E-state index contributed by atoms with van der Waals surface area (Å²) in [7, 11) is 0. The van der Waals surface area contributed by atoms with E-state index in [1.807, 2.05) is 0 Å². The van der Waals surface area contributed by atoms with Crippen LogP contribution in [0.4, 0.5) is 0 Å². The van der Waals surface area contributed by atoms with E-state index >= 15 is 0 Å². The fraction of sp³-hybridized carbons (Fsp3) is 0.400. The number of nitrogens with zero attached hydrogens (tertiary/aromatic N) is 3. The molecule has 2 aromatic rings. The van der Waals surface area contributed by atoms with Gasteiger partial charge in [0.15, 0.2) is 5.69 Å². The highest BCUT2D eigenvalue weighted by atomic mass is 16.4.